The van der Waals surface area contributed by atoms with Gasteiger partial charge < -0.3 is 4.57 Å². The zero-order valence-electron chi connectivity index (χ0n) is 12.2. The lowest BCUT2D eigenvalue weighted by atomic mass is 10.2. The molecule has 0 radical (unpaired) electrons. The lowest BCUT2D eigenvalue weighted by Gasteiger charge is -1.97. The Labute approximate surface area is 126 Å². The van der Waals surface area contributed by atoms with E-state index in [1.807, 2.05) is 36.7 Å². The van der Waals surface area contributed by atoms with E-state index in [9.17, 15) is 10.1 Å². The summed E-state index contributed by atoms with van der Waals surface area (Å²) in [6, 6.07) is 12.1. The van der Waals surface area contributed by atoms with Gasteiger partial charge in [0.2, 0.25) is 0 Å². The molecule has 0 spiro atoms. The maximum absolute atomic E-state index is 10.8. The Kier molecular flexibility index (Phi) is 3.42. The van der Waals surface area contributed by atoms with E-state index in [1.165, 1.54) is 12.1 Å². The molecule has 110 valence electrons. The molecule has 0 aliphatic carbocycles. The Balaban J connectivity index is 1.92. The zero-order chi connectivity index (χ0) is 15.7. The van der Waals surface area contributed by atoms with Crippen LogP contribution in [0.2, 0.25) is 0 Å². The summed E-state index contributed by atoms with van der Waals surface area (Å²) in [6.45, 7) is 1.95. The quantitative estimate of drug-likeness (QED) is 0.421. The summed E-state index contributed by atoms with van der Waals surface area (Å²) < 4.78 is 2.02. The first-order valence-corrected chi connectivity index (χ1v) is 6.76. The SMILES string of the molecule is Cc1nc2cc(N=Cc3cccc([N+](=O)[O-])c3)ccc2n1C. The van der Waals surface area contributed by atoms with Crippen molar-refractivity contribution in [2.75, 3.05) is 0 Å². The van der Waals surface area contributed by atoms with Crippen LogP contribution in [0.4, 0.5) is 11.4 Å². The zero-order valence-corrected chi connectivity index (χ0v) is 12.2. The fourth-order valence-electron chi connectivity index (χ4n) is 2.26. The summed E-state index contributed by atoms with van der Waals surface area (Å²) >= 11 is 0. The van der Waals surface area contributed by atoms with Gasteiger partial charge in [-0.3, -0.25) is 15.1 Å². The van der Waals surface area contributed by atoms with Crippen molar-refractivity contribution in [2.45, 2.75) is 6.92 Å². The molecular weight excluding hydrogens is 280 g/mol. The van der Waals surface area contributed by atoms with Gasteiger partial charge in [-0.15, -0.1) is 0 Å². The van der Waals surface area contributed by atoms with Crippen LogP contribution in [-0.4, -0.2) is 20.7 Å². The smallest absolute Gasteiger partial charge is 0.270 e. The fourth-order valence-corrected chi connectivity index (χ4v) is 2.26. The molecule has 0 fully saturated rings. The summed E-state index contributed by atoms with van der Waals surface area (Å²) in [6.07, 6.45) is 1.62. The van der Waals surface area contributed by atoms with E-state index in [2.05, 4.69) is 9.98 Å². The first-order valence-electron chi connectivity index (χ1n) is 6.76. The van der Waals surface area contributed by atoms with Gasteiger partial charge in [0.1, 0.15) is 5.82 Å². The number of nitro groups is 1. The number of aryl methyl sites for hydroxylation is 2. The number of imidazole rings is 1. The number of benzene rings is 2. The lowest BCUT2D eigenvalue weighted by molar-refractivity contribution is -0.384. The predicted molar refractivity (Wildman–Crippen MR) is 85.8 cm³/mol. The number of fused-ring (bicyclic) bond motifs is 1. The first-order chi connectivity index (χ1) is 10.5. The van der Waals surface area contributed by atoms with E-state index in [0.29, 0.717) is 5.56 Å². The van der Waals surface area contributed by atoms with Crippen molar-refractivity contribution in [1.82, 2.24) is 9.55 Å². The minimum absolute atomic E-state index is 0.0553. The summed E-state index contributed by atoms with van der Waals surface area (Å²) in [7, 11) is 1.97. The van der Waals surface area contributed by atoms with Crippen LogP contribution < -0.4 is 0 Å². The van der Waals surface area contributed by atoms with Gasteiger partial charge in [0.15, 0.2) is 0 Å². The van der Waals surface area contributed by atoms with E-state index < -0.39 is 4.92 Å². The highest BCUT2D eigenvalue weighted by atomic mass is 16.6. The van der Waals surface area contributed by atoms with Crippen molar-refractivity contribution in [2.24, 2.45) is 12.0 Å². The van der Waals surface area contributed by atoms with Crippen molar-refractivity contribution < 1.29 is 4.92 Å². The van der Waals surface area contributed by atoms with Gasteiger partial charge in [0.05, 0.1) is 21.6 Å². The van der Waals surface area contributed by atoms with Crippen LogP contribution in [0.5, 0.6) is 0 Å². The van der Waals surface area contributed by atoms with Crippen LogP contribution in [0.15, 0.2) is 47.5 Å². The Morgan fingerprint density at radius 1 is 1.27 bits per heavy atom. The van der Waals surface area contributed by atoms with E-state index in [1.54, 1.807) is 18.3 Å². The van der Waals surface area contributed by atoms with Crippen molar-refractivity contribution >= 4 is 28.6 Å². The van der Waals surface area contributed by atoms with Gasteiger partial charge in [-0.25, -0.2) is 4.98 Å². The first kappa shape index (κ1) is 13.9. The highest BCUT2D eigenvalue weighted by Crippen LogP contribution is 2.21. The van der Waals surface area contributed by atoms with Crippen LogP contribution in [0.3, 0.4) is 0 Å². The maximum atomic E-state index is 10.8. The molecule has 3 rings (SSSR count). The third-order valence-electron chi connectivity index (χ3n) is 3.53. The average molecular weight is 294 g/mol. The number of rotatable bonds is 3. The number of nitro benzene ring substituents is 1. The van der Waals surface area contributed by atoms with Gasteiger partial charge in [-0.1, -0.05) is 12.1 Å². The highest BCUT2D eigenvalue weighted by molar-refractivity contribution is 5.85. The summed E-state index contributed by atoms with van der Waals surface area (Å²) in [5.74, 6) is 0.940. The molecule has 6 nitrogen and oxygen atoms in total. The molecule has 0 aliphatic heterocycles. The molecule has 0 saturated carbocycles. The third-order valence-corrected chi connectivity index (χ3v) is 3.53. The second-order valence-corrected chi connectivity index (χ2v) is 5.00. The van der Waals surface area contributed by atoms with Crippen LogP contribution >= 0.6 is 0 Å². The van der Waals surface area contributed by atoms with E-state index in [4.69, 9.17) is 0 Å². The Hall–Kier alpha value is -3.02. The minimum Gasteiger partial charge on any atom is -0.331 e. The highest BCUT2D eigenvalue weighted by Gasteiger charge is 2.05. The van der Waals surface area contributed by atoms with Crippen molar-refractivity contribution in [3.05, 3.63) is 64.0 Å². The molecule has 3 aromatic rings. The predicted octanol–water partition coefficient (Wildman–Crippen LogP) is 3.54. The molecule has 1 aromatic heterocycles. The number of aliphatic imine (C=N–C) groups is 1. The largest absolute Gasteiger partial charge is 0.331 e. The summed E-state index contributed by atoms with van der Waals surface area (Å²) in [4.78, 5) is 19.2. The van der Waals surface area contributed by atoms with Crippen molar-refractivity contribution in [1.29, 1.82) is 0 Å². The van der Waals surface area contributed by atoms with Gasteiger partial charge in [0.25, 0.3) is 5.69 Å². The molecule has 0 saturated heterocycles. The second kappa shape index (κ2) is 5.40. The fraction of sp³-hybridized carbons (Fsp3) is 0.125. The Morgan fingerprint density at radius 3 is 2.86 bits per heavy atom. The molecule has 0 atom stereocenters. The van der Waals surface area contributed by atoms with E-state index >= 15 is 0 Å². The summed E-state index contributed by atoms with van der Waals surface area (Å²) in [5.41, 5.74) is 3.43. The maximum Gasteiger partial charge on any atom is 0.270 e. The molecule has 0 N–H and O–H groups in total. The number of hydrogen-bond acceptors (Lipinski definition) is 4. The second-order valence-electron chi connectivity index (χ2n) is 5.00. The molecular formula is C16H14N4O2. The van der Waals surface area contributed by atoms with Crippen LogP contribution in [-0.2, 0) is 7.05 Å². The monoisotopic (exact) mass is 294 g/mol. The third kappa shape index (κ3) is 2.58. The molecule has 0 amide bonds. The number of nitrogens with zero attached hydrogens (tertiary/aromatic N) is 4. The Morgan fingerprint density at radius 2 is 2.09 bits per heavy atom. The van der Waals surface area contributed by atoms with Gasteiger partial charge in [-0.2, -0.15) is 0 Å². The molecule has 22 heavy (non-hydrogen) atoms. The molecule has 0 bridgehead atoms. The lowest BCUT2D eigenvalue weighted by Crippen LogP contribution is -1.89. The van der Waals surface area contributed by atoms with Crippen molar-refractivity contribution in [3.63, 3.8) is 0 Å². The van der Waals surface area contributed by atoms with Gasteiger partial charge in [-0.05, 0) is 30.7 Å². The normalized spacial score (nSPS) is 11.4. The Bertz CT molecular complexity index is 896. The standard InChI is InChI=1S/C16H14N4O2/c1-11-18-15-9-13(6-7-16(15)19(11)2)17-10-12-4-3-5-14(8-12)20(21)22/h3-10H,1-2H3. The number of non-ortho nitro benzene ring substituents is 1. The minimum atomic E-state index is -0.417. The molecule has 2 aromatic carbocycles. The number of aromatic nitrogens is 2. The molecule has 6 heteroatoms. The van der Waals surface area contributed by atoms with E-state index in [0.717, 1.165) is 22.5 Å². The molecule has 0 aliphatic rings. The molecule has 0 unspecified atom stereocenters. The topological polar surface area (TPSA) is 73.3 Å². The van der Waals surface area contributed by atoms with Gasteiger partial charge >= 0.3 is 0 Å². The van der Waals surface area contributed by atoms with Crippen molar-refractivity contribution in [3.8, 4) is 0 Å². The van der Waals surface area contributed by atoms with Crippen LogP contribution in [0, 0.1) is 17.0 Å². The van der Waals surface area contributed by atoms with Crippen LogP contribution in [0.1, 0.15) is 11.4 Å². The van der Waals surface area contributed by atoms with Gasteiger partial charge in [0, 0.05) is 25.4 Å². The molecule has 1 heterocycles. The van der Waals surface area contributed by atoms with Crippen LogP contribution in [0.25, 0.3) is 11.0 Å². The van der Waals surface area contributed by atoms with E-state index in [-0.39, 0.29) is 5.69 Å². The number of hydrogen-bond donors (Lipinski definition) is 0. The average Bonchev–Trinajstić information content (AvgIpc) is 2.80. The summed E-state index contributed by atoms with van der Waals surface area (Å²) in [5, 5.41) is 10.8.